The van der Waals surface area contributed by atoms with E-state index in [2.05, 4.69) is 0 Å². The maximum atomic E-state index is 12.3. The molecule has 2 nitrogen and oxygen atoms in total. The van der Waals surface area contributed by atoms with E-state index in [4.69, 9.17) is 16.3 Å². The van der Waals surface area contributed by atoms with Gasteiger partial charge in [0.15, 0.2) is 5.78 Å². The fraction of sp³-hybridized carbons (Fsp3) is 0.167. The Morgan fingerprint density at radius 3 is 2.67 bits per heavy atom. The highest BCUT2D eigenvalue weighted by molar-refractivity contribution is 6.33. The van der Waals surface area contributed by atoms with Crippen molar-refractivity contribution in [3.05, 3.63) is 64.2 Å². The summed E-state index contributed by atoms with van der Waals surface area (Å²) < 4.78 is 5.41. The van der Waals surface area contributed by atoms with Gasteiger partial charge in [-0.25, -0.2) is 0 Å². The molecule has 0 fully saturated rings. The van der Waals surface area contributed by atoms with Gasteiger partial charge in [0.05, 0.1) is 7.11 Å². The van der Waals surface area contributed by atoms with E-state index in [1.54, 1.807) is 7.11 Å². The van der Waals surface area contributed by atoms with Crippen molar-refractivity contribution in [2.45, 2.75) is 12.8 Å². The molecular weight excluding hydrogens is 284 g/mol. The predicted molar refractivity (Wildman–Crippen MR) is 85.6 cm³/mol. The highest BCUT2D eigenvalue weighted by Gasteiger charge is 2.24. The van der Waals surface area contributed by atoms with Gasteiger partial charge >= 0.3 is 0 Å². The SMILES string of the molecule is COc1cccc2c1CCC(=O)/C2=C/c1ccccc1Cl. The van der Waals surface area contributed by atoms with Crippen LogP contribution in [0.1, 0.15) is 23.1 Å². The number of carbonyl (C=O) groups is 1. The van der Waals surface area contributed by atoms with Crippen molar-refractivity contribution in [1.29, 1.82) is 0 Å². The lowest BCUT2D eigenvalue weighted by molar-refractivity contribution is -0.113. The Morgan fingerprint density at radius 2 is 1.90 bits per heavy atom. The Morgan fingerprint density at radius 1 is 1.10 bits per heavy atom. The molecule has 0 saturated carbocycles. The summed E-state index contributed by atoms with van der Waals surface area (Å²) in [7, 11) is 1.66. The predicted octanol–water partition coefficient (Wildman–Crippen LogP) is 4.40. The molecule has 1 aliphatic rings. The fourth-order valence-electron chi connectivity index (χ4n) is 2.70. The molecule has 0 heterocycles. The lowest BCUT2D eigenvalue weighted by Gasteiger charge is -2.20. The number of Topliss-reactive ketones (excluding diaryl/α,β-unsaturated/α-hetero) is 1. The summed E-state index contributed by atoms with van der Waals surface area (Å²) in [5.41, 5.74) is 3.62. The van der Waals surface area contributed by atoms with Crippen molar-refractivity contribution >= 4 is 29.0 Å². The number of ether oxygens (including phenoxy) is 1. The summed E-state index contributed by atoms with van der Waals surface area (Å²) in [6.07, 6.45) is 3.10. The number of benzene rings is 2. The number of hydrogen-bond donors (Lipinski definition) is 0. The summed E-state index contributed by atoms with van der Waals surface area (Å²) in [6, 6.07) is 13.4. The van der Waals surface area contributed by atoms with Crippen LogP contribution in [0.15, 0.2) is 42.5 Å². The number of hydrogen-bond acceptors (Lipinski definition) is 2. The minimum Gasteiger partial charge on any atom is -0.496 e. The summed E-state index contributed by atoms with van der Waals surface area (Å²) >= 11 is 6.20. The van der Waals surface area contributed by atoms with Crippen LogP contribution in [-0.2, 0) is 11.2 Å². The monoisotopic (exact) mass is 298 g/mol. The molecule has 0 saturated heterocycles. The lowest BCUT2D eigenvalue weighted by Crippen LogP contribution is -2.13. The van der Waals surface area contributed by atoms with Crippen LogP contribution in [-0.4, -0.2) is 12.9 Å². The molecule has 106 valence electrons. The maximum Gasteiger partial charge on any atom is 0.163 e. The Labute approximate surface area is 129 Å². The number of allylic oxidation sites excluding steroid dienone is 1. The van der Waals surface area contributed by atoms with Gasteiger partial charge in [-0.15, -0.1) is 0 Å². The molecule has 0 bridgehead atoms. The third-order valence-electron chi connectivity index (χ3n) is 3.75. The first kappa shape index (κ1) is 13.9. The molecule has 21 heavy (non-hydrogen) atoms. The maximum absolute atomic E-state index is 12.3. The van der Waals surface area contributed by atoms with Crippen LogP contribution in [0.5, 0.6) is 5.75 Å². The van der Waals surface area contributed by atoms with Gasteiger partial charge in [-0.3, -0.25) is 4.79 Å². The van der Waals surface area contributed by atoms with Gasteiger partial charge in [0.25, 0.3) is 0 Å². The minimum absolute atomic E-state index is 0.149. The number of fused-ring (bicyclic) bond motifs is 1. The smallest absolute Gasteiger partial charge is 0.163 e. The van der Waals surface area contributed by atoms with E-state index in [0.717, 1.165) is 28.9 Å². The molecule has 0 atom stereocenters. The van der Waals surface area contributed by atoms with Crippen LogP contribution in [0.25, 0.3) is 11.6 Å². The van der Waals surface area contributed by atoms with Crippen LogP contribution >= 0.6 is 11.6 Å². The van der Waals surface area contributed by atoms with E-state index in [-0.39, 0.29) is 5.78 Å². The minimum atomic E-state index is 0.149. The van der Waals surface area contributed by atoms with Gasteiger partial charge in [0.2, 0.25) is 0 Å². The molecule has 0 radical (unpaired) electrons. The average molecular weight is 299 g/mol. The molecule has 0 aromatic heterocycles. The zero-order valence-electron chi connectivity index (χ0n) is 11.7. The van der Waals surface area contributed by atoms with Gasteiger partial charge in [-0.1, -0.05) is 41.9 Å². The van der Waals surface area contributed by atoms with Crippen molar-refractivity contribution in [1.82, 2.24) is 0 Å². The van der Waals surface area contributed by atoms with Crippen molar-refractivity contribution in [2.24, 2.45) is 0 Å². The van der Waals surface area contributed by atoms with E-state index in [1.807, 2.05) is 48.5 Å². The summed E-state index contributed by atoms with van der Waals surface area (Å²) in [6.45, 7) is 0. The lowest BCUT2D eigenvalue weighted by atomic mass is 9.85. The van der Waals surface area contributed by atoms with Gasteiger partial charge in [0, 0.05) is 22.6 Å². The van der Waals surface area contributed by atoms with Gasteiger partial charge in [-0.2, -0.15) is 0 Å². The van der Waals surface area contributed by atoms with E-state index >= 15 is 0 Å². The van der Waals surface area contributed by atoms with Gasteiger partial charge in [-0.05, 0) is 35.8 Å². The Bertz CT molecular complexity index is 732. The molecule has 3 rings (SSSR count). The Hall–Kier alpha value is -2.06. The second kappa shape index (κ2) is 5.74. The first-order chi connectivity index (χ1) is 10.2. The van der Waals surface area contributed by atoms with Crippen LogP contribution in [0.3, 0.4) is 0 Å². The summed E-state index contributed by atoms with van der Waals surface area (Å²) in [5.74, 6) is 0.987. The third kappa shape index (κ3) is 2.59. The van der Waals surface area contributed by atoms with Crippen LogP contribution in [0.2, 0.25) is 5.02 Å². The van der Waals surface area contributed by atoms with Crippen molar-refractivity contribution in [3.8, 4) is 5.75 Å². The highest BCUT2D eigenvalue weighted by Crippen LogP contribution is 2.35. The third-order valence-corrected chi connectivity index (χ3v) is 4.09. The van der Waals surface area contributed by atoms with Crippen molar-refractivity contribution in [3.63, 3.8) is 0 Å². The topological polar surface area (TPSA) is 26.3 Å². The normalized spacial score (nSPS) is 15.9. The second-order valence-electron chi connectivity index (χ2n) is 4.99. The molecule has 2 aromatic rings. The number of carbonyl (C=O) groups excluding carboxylic acids is 1. The first-order valence-electron chi connectivity index (χ1n) is 6.86. The standard InChI is InChI=1S/C18H15ClO2/c1-21-18-8-4-6-13-14(18)9-10-17(20)15(13)11-12-5-2-3-7-16(12)19/h2-8,11H,9-10H2,1H3/b15-11+. The zero-order chi connectivity index (χ0) is 14.8. The van der Waals surface area contributed by atoms with Crippen molar-refractivity contribution < 1.29 is 9.53 Å². The summed E-state index contributed by atoms with van der Waals surface area (Å²) in [5, 5.41) is 0.646. The van der Waals surface area contributed by atoms with E-state index < -0.39 is 0 Å². The molecule has 1 aliphatic carbocycles. The highest BCUT2D eigenvalue weighted by atomic mass is 35.5. The number of rotatable bonds is 2. The van der Waals surface area contributed by atoms with E-state index in [9.17, 15) is 4.79 Å². The average Bonchev–Trinajstić information content (AvgIpc) is 2.51. The number of halogens is 1. The number of methoxy groups -OCH3 is 1. The first-order valence-corrected chi connectivity index (χ1v) is 7.24. The molecule has 0 N–H and O–H groups in total. The van der Waals surface area contributed by atoms with Gasteiger partial charge < -0.3 is 4.74 Å². The molecule has 0 spiro atoms. The zero-order valence-corrected chi connectivity index (χ0v) is 12.5. The molecule has 0 amide bonds. The Kier molecular flexibility index (Phi) is 3.80. The van der Waals surface area contributed by atoms with Gasteiger partial charge in [0.1, 0.15) is 5.75 Å². The molecule has 0 unspecified atom stereocenters. The quantitative estimate of drug-likeness (QED) is 0.768. The molecule has 2 aromatic carbocycles. The fourth-order valence-corrected chi connectivity index (χ4v) is 2.89. The van der Waals surface area contributed by atoms with Crippen molar-refractivity contribution in [2.75, 3.05) is 7.11 Å². The van der Waals surface area contributed by atoms with Crippen LogP contribution in [0, 0.1) is 0 Å². The summed E-state index contributed by atoms with van der Waals surface area (Å²) in [4.78, 5) is 12.3. The Balaban J connectivity index is 2.16. The molecule has 3 heteroatoms. The van der Waals surface area contributed by atoms with E-state index in [1.165, 1.54) is 0 Å². The molecular formula is C18H15ClO2. The second-order valence-corrected chi connectivity index (χ2v) is 5.40. The number of ketones is 1. The largest absolute Gasteiger partial charge is 0.496 e. The van der Waals surface area contributed by atoms with Crippen LogP contribution < -0.4 is 4.74 Å². The van der Waals surface area contributed by atoms with E-state index in [0.29, 0.717) is 17.0 Å². The van der Waals surface area contributed by atoms with Crippen LogP contribution in [0.4, 0.5) is 0 Å². The molecule has 0 aliphatic heterocycles.